The molecule has 0 rings (SSSR count). The molecule has 0 saturated carbocycles. The Morgan fingerprint density at radius 2 is 1.93 bits per heavy atom. The van der Waals surface area contributed by atoms with E-state index in [2.05, 4.69) is 9.47 Å². The lowest BCUT2D eigenvalue weighted by Gasteiger charge is -2.13. The van der Waals surface area contributed by atoms with E-state index in [4.69, 9.17) is 5.26 Å². The van der Waals surface area contributed by atoms with Gasteiger partial charge in [-0.05, 0) is 5.92 Å². The number of carbonyl (C=O) groups excluding carboxylic acids is 2. The number of nitriles is 1. The van der Waals surface area contributed by atoms with Gasteiger partial charge in [-0.3, -0.25) is 9.59 Å². The third kappa shape index (κ3) is 3.44. The summed E-state index contributed by atoms with van der Waals surface area (Å²) in [5, 5.41) is 8.68. The first kappa shape index (κ1) is 12.4. The van der Waals surface area contributed by atoms with Gasteiger partial charge in [-0.25, -0.2) is 0 Å². The Hall–Kier alpha value is -1.57. The number of rotatable bonds is 4. The predicted molar refractivity (Wildman–Crippen MR) is 46.9 cm³/mol. The summed E-state index contributed by atoms with van der Waals surface area (Å²) in [4.78, 5) is 21.9. The van der Waals surface area contributed by atoms with Crippen LogP contribution in [0.15, 0.2) is 0 Å². The molecule has 14 heavy (non-hydrogen) atoms. The first-order valence-corrected chi connectivity index (χ1v) is 4.11. The summed E-state index contributed by atoms with van der Waals surface area (Å²) in [6, 6.07) is 1.80. The molecule has 5 heteroatoms. The fourth-order valence-electron chi connectivity index (χ4n) is 1.00. The van der Waals surface area contributed by atoms with Crippen molar-refractivity contribution in [3.8, 4) is 6.07 Å². The molecule has 0 aliphatic carbocycles. The third-order valence-corrected chi connectivity index (χ3v) is 1.88. The maximum absolute atomic E-state index is 11.1. The number of hydrogen-bond acceptors (Lipinski definition) is 5. The summed E-state index contributed by atoms with van der Waals surface area (Å²) >= 11 is 0. The Kier molecular flexibility index (Phi) is 5.30. The minimum absolute atomic E-state index is 0.0316. The van der Waals surface area contributed by atoms with Crippen molar-refractivity contribution in [3.05, 3.63) is 0 Å². The summed E-state index contributed by atoms with van der Waals surface area (Å²) < 4.78 is 8.85. The van der Waals surface area contributed by atoms with E-state index >= 15 is 0 Å². The second-order valence-electron chi connectivity index (χ2n) is 2.89. The number of carbonyl (C=O) groups is 2. The van der Waals surface area contributed by atoms with Gasteiger partial charge in [0.15, 0.2) is 0 Å². The standard InChI is InChI=1S/C9H13NO4/c1-6(4-8(11)13-2)7(5-10)9(12)14-3/h6-7H,4H2,1-3H3. The van der Waals surface area contributed by atoms with Gasteiger partial charge in [0.1, 0.15) is 5.92 Å². The van der Waals surface area contributed by atoms with E-state index in [1.54, 1.807) is 13.0 Å². The molecule has 0 N–H and O–H groups in total. The summed E-state index contributed by atoms with van der Waals surface area (Å²) in [5.41, 5.74) is 0. The van der Waals surface area contributed by atoms with E-state index in [9.17, 15) is 9.59 Å². The fraction of sp³-hybridized carbons (Fsp3) is 0.667. The lowest BCUT2D eigenvalue weighted by atomic mass is 9.92. The lowest BCUT2D eigenvalue weighted by Crippen LogP contribution is -2.24. The number of hydrogen-bond donors (Lipinski definition) is 0. The van der Waals surface area contributed by atoms with E-state index < -0.39 is 23.8 Å². The monoisotopic (exact) mass is 199 g/mol. The maximum Gasteiger partial charge on any atom is 0.323 e. The largest absolute Gasteiger partial charge is 0.469 e. The van der Waals surface area contributed by atoms with Crippen LogP contribution in [-0.4, -0.2) is 26.2 Å². The second kappa shape index (κ2) is 5.97. The molecular formula is C9H13NO4. The van der Waals surface area contributed by atoms with Crippen LogP contribution in [0.25, 0.3) is 0 Å². The molecule has 0 radical (unpaired) electrons. The van der Waals surface area contributed by atoms with Crippen molar-refractivity contribution in [3.63, 3.8) is 0 Å². The van der Waals surface area contributed by atoms with E-state index in [0.717, 1.165) is 0 Å². The molecule has 0 spiro atoms. The van der Waals surface area contributed by atoms with Gasteiger partial charge >= 0.3 is 11.9 Å². The van der Waals surface area contributed by atoms with E-state index in [0.29, 0.717) is 0 Å². The quantitative estimate of drug-likeness (QED) is 0.616. The average Bonchev–Trinajstić information content (AvgIpc) is 2.18. The molecule has 0 aromatic heterocycles. The molecule has 0 bridgehead atoms. The van der Waals surface area contributed by atoms with Gasteiger partial charge in [-0.15, -0.1) is 0 Å². The van der Waals surface area contributed by atoms with Crippen LogP contribution < -0.4 is 0 Å². The summed E-state index contributed by atoms with van der Waals surface area (Å²) in [5.74, 6) is -2.38. The molecule has 0 amide bonds. The number of esters is 2. The van der Waals surface area contributed by atoms with Crippen LogP contribution in [0.5, 0.6) is 0 Å². The Bertz CT molecular complexity index is 256. The van der Waals surface area contributed by atoms with Gasteiger partial charge in [-0.2, -0.15) is 5.26 Å². The van der Waals surface area contributed by atoms with Crippen molar-refractivity contribution in [2.24, 2.45) is 11.8 Å². The highest BCUT2D eigenvalue weighted by atomic mass is 16.5. The van der Waals surface area contributed by atoms with Crippen LogP contribution in [0.4, 0.5) is 0 Å². The molecule has 0 aliphatic heterocycles. The molecule has 0 saturated heterocycles. The van der Waals surface area contributed by atoms with Gasteiger partial charge in [-0.1, -0.05) is 6.92 Å². The molecule has 5 nitrogen and oxygen atoms in total. The van der Waals surface area contributed by atoms with Gasteiger partial charge in [0.2, 0.25) is 0 Å². The van der Waals surface area contributed by atoms with Crippen LogP contribution in [0.1, 0.15) is 13.3 Å². The zero-order valence-electron chi connectivity index (χ0n) is 8.44. The van der Waals surface area contributed by atoms with Crippen LogP contribution in [0, 0.1) is 23.2 Å². The average molecular weight is 199 g/mol. The highest BCUT2D eigenvalue weighted by Crippen LogP contribution is 2.16. The predicted octanol–water partition coefficient (Wildman–Crippen LogP) is 0.498. The third-order valence-electron chi connectivity index (χ3n) is 1.88. The molecule has 0 heterocycles. The molecular weight excluding hydrogens is 186 g/mol. The smallest absolute Gasteiger partial charge is 0.323 e. The Morgan fingerprint density at radius 1 is 1.36 bits per heavy atom. The van der Waals surface area contributed by atoms with E-state index in [1.807, 2.05) is 0 Å². The number of nitrogens with zero attached hydrogens (tertiary/aromatic N) is 1. The lowest BCUT2D eigenvalue weighted by molar-refractivity contribution is -0.146. The van der Waals surface area contributed by atoms with Gasteiger partial charge in [0.25, 0.3) is 0 Å². The van der Waals surface area contributed by atoms with Gasteiger partial charge in [0, 0.05) is 6.42 Å². The summed E-state index contributed by atoms with van der Waals surface area (Å²) in [6.45, 7) is 1.63. The van der Waals surface area contributed by atoms with Crippen molar-refractivity contribution in [1.82, 2.24) is 0 Å². The van der Waals surface area contributed by atoms with Crippen molar-refractivity contribution >= 4 is 11.9 Å². The topological polar surface area (TPSA) is 76.4 Å². The Morgan fingerprint density at radius 3 is 2.29 bits per heavy atom. The highest BCUT2D eigenvalue weighted by Gasteiger charge is 2.27. The SMILES string of the molecule is COC(=O)CC(C)C(C#N)C(=O)OC. The summed E-state index contributed by atoms with van der Waals surface area (Å²) in [7, 11) is 2.46. The molecule has 0 aliphatic rings. The normalized spacial score (nSPS) is 13.6. The van der Waals surface area contributed by atoms with Crippen LogP contribution in [0.2, 0.25) is 0 Å². The molecule has 78 valence electrons. The molecule has 0 fully saturated rings. The first-order valence-electron chi connectivity index (χ1n) is 4.11. The van der Waals surface area contributed by atoms with Gasteiger partial charge in [0.05, 0.1) is 20.3 Å². The van der Waals surface area contributed by atoms with Crippen molar-refractivity contribution in [2.45, 2.75) is 13.3 Å². The summed E-state index contributed by atoms with van der Waals surface area (Å²) in [6.07, 6.45) is 0.0316. The highest BCUT2D eigenvalue weighted by molar-refractivity contribution is 5.77. The van der Waals surface area contributed by atoms with Gasteiger partial charge < -0.3 is 9.47 Å². The van der Waals surface area contributed by atoms with Crippen LogP contribution >= 0.6 is 0 Å². The van der Waals surface area contributed by atoms with E-state index in [-0.39, 0.29) is 6.42 Å². The van der Waals surface area contributed by atoms with Crippen molar-refractivity contribution in [1.29, 1.82) is 5.26 Å². The van der Waals surface area contributed by atoms with Crippen molar-refractivity contribution < 1.29 is 19.1 Å². The first-order chi connectivity index (χ1) is 6.56. The minimum atomic E-state index is -0.918. The minimum Gasteiger partial charge on any atom is -0.469 e. The second-order valence-corrected chi connectivity index (χ2v) is 2.89. The molecule has 2 atom stereocenters. The zero-order valence-corrected chi connectivity index (χ0v) is 8.44. The number of methoxy groups -OCH3 is 2. The maximum atomic E-state index is 11.1. The molecule has 2 unspecified atom stereocenters. The van der Waals surface area contributed by atoms with Crippen LogP contribution in [-0.2, 0) is 19.1 Å². The molecule has 0 aromatic carbocycles. The van der Waals surface area contributed by atoms with E-state index in [1.165, 1.54) is 14.2 Å². The zero-order chi connectivity index (χ0) is 11.1. The molecule has 0 aromatic rings. The van der Waals surface area contributed by atoms with Crippen molar-refractivity contribution in [2.75, 3.05) is 14.2 Å². The Labute approximate surface area is 82.6 Å². The van der Waals surface area contributed by atoms with Crippen LogP contribution in [0.3, 0.4) is 0 Å². The fourth-order valence-corrected chi connectivity index (χ4v) is 1.00. The Balaban J connectivity index is 4.33. The number of ether oxygens (including phenoxy) is 2.